The lowest BCUT2D eigenvalue weighted by atomic mass is 9.70. The summed E-state index contributed by atoms with van der Waals surface area (Å²) in [5.41, 5.74) is 3.64. The molecule has 90 valence electrons. The Bertz CT molecular complexity index is 337. The van der Waals surface area contributed by atoms with Gasteiger partial charge in [0.05, 0.1) is 0 Å². The smallest absolute Gasteiger partial charge is 0.000801 e. The number of halogens is 1. The maximum atomic E-state index is 3.36. The molecule has 1 aromatic rings. The number of rotatable bonds is 3. The lowest BCUT2D eigenvalue weighted by Crippen LogP contribution is -2.37. The van der Waals surface area contributed by atoms with E-state index in [2.05, 4.69) is 43.6 Å². The first-order chi connectivity index (χ1) is 7.29. The summed E-state index contributed by atoms with van der Waals surface area (Å²) in [7, 11) is 2.07. The van der Waals surface area contributed by atoms with E-state index in [1.807, 2.05) is 0 Å². The monoisotopic (exact) mass is 239 g/mol. The van der Waals surface area contributed by atoms with Crippen molar-refractivity contribution in [1.29, 1.82) is 0 Å². The summed E-state index contributed by atoms with van der Waals surface area (Å²) < 4.78 is 0. The molecule has 1 atom stereocenters. The van der Waals surface area contributed by atoms with Crippen LogP contribution < -0.4 is 5.32 Å². The third-order valence-corrected chi connectivity index (χ3v) is 3.91. The maximum absolute atomic E-state index is 3.36. The Labute approximate surface area is 105 Å². The normalized spacial score (nSPS) is 23.4. The van der Waals surface area contributed by atoms with Gasteiger partial charge in [0.2, 0.25) is 0 Å². The average Bonchev–Trinajstić information content (AvgIpc) is 2.29. The summed E-state index contributed by atoms with van der Waals surface area (Å²) in [6.07, 6.45) is 5.12. The first-order valence-corrected chi connectivity index (χ1v) is 6.01. The van der Waals surface area contributed by atoms with Crippen LogP contribution in [0.3, 0.4) is 0 Å². The second-order valence-electron chi connectivity index (χ2n) is 4.83. The van der Waals surface area contributed by atoms with Gasteiger partial charge in [-0.3, -0.25) is 0 Å². The number of fused-ring (bicyclic) bond motifs is 1. The summed E-state index contributed by atoms with van der Waals surface area (Å²) in [5, 5.41) is 3.36. The van der Waals surface area contributed by atoms with E-state index in [4.69, 9.17) is 0 Å². The van der Waals surface area contributed by atoms with Crippen LogP contribution in [-0.2, 0) is 12.8 Å². The van der Waals surface area contributed by atoms with E-state index < -0.39 is 0 Å². The van der Waals surface area contributed by atoms with Crippen molar-refractivity contribution in [3.63, 3.8) is 0 Å². The predicted molar refractivity (Wildman–Crippen MR) is 72.4 cm³/mol. The summed E-state index contributed by atoms with van der Waals surface area (Å²) in [6, 6.07) is 8.92. The second kappa shape index (κ2) is 5.70. The Hall–Kier alpha value is -0.530. The van der Waals surface area contributed by atoms with Crippen LogP contribution >= 0.6 is 12.4 Å². The Balaban J connectivity index is 0.00000128. The molecule has 0 saturated heterocycles. The van der Waals surface area contributed by atoms with Crippen molar-refractivity contribution in [3.8, 4) is 0 Å². The van der Waals surface area contributed by atoms with E-state index in [0.717, 1.165) is 6.54 Å². The molecule has 1 aromatic carbocycles. The zero-order valence-corrected chi connectivity index (χ0v) is 11.1. The van der Waals surface area contributed by atoms with Crippen molar-refractivity contribution in [2.24, 2.45) is 5.41 Å². The number of benzene rings is 1. The van der Waals surface area contributed by atoms with Gasteiger partial charge in [-0.15, -0.1) is 12.4 Å². The van der Waals surface area contributed by atoms with Crippen LogP contribution in [-0.4, -0.2) is 13.6 Å². The molecule has 1 aliphatic carbocycles. The van der Waals surface area contributed by atoms with Crippen molar-refractivity contribution >= 4 is 12.4 Å². The standard InChI is InChI=1S/C14H21N.ClH/c1-3-14(11-15-2)9-8-12-6-4-5-7-13(12)10-14;/h4-7,15H,3,8-11H2,1-2H3;1H. The highest BCUT2D eigenvalue weighted by atomic mass is 35.5. The predicted octanol–water partition coefficient (Wildman–Crippen LogP) is 3.21. The minimum Gasteiger partial charge on any atom is -0.319 e. The lowest BCUT2D eigenvalue weighted by molar-refractivity contribution is 0.229. The molecule has 2 rings (SSSR count). The summed E-state index contributed by atoms with van der Waals surface area (Å²) in [5.74, 6) is 0. The molecule has 0 spiro atoms. The molecular weight excluding hydrogens is 218 g/mol. The number of nitrogens with one attached hydrogen (secondary N) is 1. The van der Waals surface area contributed by atoms with Crippen molar-refractivity contribution in [3.05, 3.63) is 35.4 Å². The van der Waals surface area contributed by atoms with Crippen LogP contribution in [0.25, 0.3) is 0 Å². The highest BCUT2D eigenvalue weighted by Gasteiger charge is 2.31. The van der Waals surface area contributed by atoms with Gasteiger partial charge in [-0.1, -0.05) is 31.2 Å². The quantitative estimate of drug-likeness (QED) is 0.854. The minimum absolute atomic E-state index is 0. The number of hydrogen-bond acceptors (Lipinski definition) is 1. The molecule has 0 aliphatic heterocycles. The molecule has 1 nitrogen and oxygen atoms in total. The maximum Gasteiger partial charge on any atom is 0.000801 e. The van der Waals surface area contributed by atoms with Crippen molar-refractivity contribution in [2.45, 2.75) is 32.6 Å². The molecule has 0 fully saturated rings. The van der Waals surface area contributed by atoms with E-state index in [-0.39, 0.29) is 12.4 Å². The van der Waals surface area contributed by atoms with E-state index in [1.165, 1.54) is 25.7 Å². The van der Waals surface area contributed by atoms with Crippen LogP contribution in [0.5, 0.6) is 0 Å². The SMILES string of the molecule is CCC1(CNC)CCc2ccccc2C1.Cl. The van der Waals surface area contributed by atoms with Crippen molar-refractivity contribution < 1.29 is 0 Å². The summed E-state index contributed by atoms with van der Waals surface area (Å²) in [4.78, 5) is 0. The molecule has 1 N–H and O–H groups in total. The van der Waals surface area contributed by atoms with Crippen molar-refractivity contribution in [1.82, 2.24) is 5.32 Å². The van der Waals surface area contributed by atoms with E-state index in [9.17, 15) is 0 Å². The molecule has 0 amide bonds. The van der Waals surface area contributed by atoms with Crippen LogP contribution in [0.1, 0.15) is 30.9 Å². The number of aryl methyl sites for hydroxylation is 1. The largest absolute Gasteiger partial charge is 0.319 e. The minimum atomic E-state index is 0. The molecule has 0 bridgehead atoms. The Kier molecular flexibility index (Phi) is 4.82. The molecule has 0 radical (unpaired) electrons. The molecule has 0 heterocycles. The molecule has 1 aliphatic rings. The molecule has 0 aromatic heterocycles. The van der Waals surface area contributed by atoms with Gasteiger partial charge in [-0.2, -0.15) is 0 Å². The highest BCUT2D eigenvalue weighted by molar-refractivity contribution is 5.85. The molecular formula is C14H22ClN. The van der Waals surface area contributed by atoms with Crippen LogP contribution in [0, 0.1) is 5.41 Å². The zero-order valence-electron chi connectivity index (χ0n) is 10.3. The third-order valence-electron chi connectivity index (χ3n) is 3.91. The Morgan fingerprint density at radius 2 is 1.94 bits per heavy atom. The van der Waals surface area contributed by atoms with E-state index in [0.29, 0.717) is 5.41 Å². The summed E-state index contributed by atoms with van der Waals surface area (Å²) in [6.45, 7) is 3.48. The van der Waals surface area contributed by atoms with Gasteiger partial charge >= 0.3 is 0 Å². The molecule has 16 heavy (non-hydrogen) atoms. The fraction of sp³-hybridized carbons (Fsp3) is 0.571. The van der Waals surface area contributed by atoms with Gasteiger partial charge < -0.3 is 5.32 Å². The zero-order chi connectivity index (χ0) is 10.7. The Morgan fingerprint density at radius 1 is 1.25 bits per heavy atom. The molecule has 2 heteroatoms. The summed E-state index contributed by atoms with van der Waals surface area (Å²) >= 11 is 0. The van der Waals surface area contributed by atoms with Gasteiger partial charge in [0.1, 0.15) is 0 Å². The fourth-order valence-corrected chi connectivity index (χ4v) is 2.82. The van der Waals surface area contributed by atoms with Crippen LogP contribution in [0.15, 0.2) is 24.3 Å². The second-order valence-corrected chi connectivity index (χ2v) is 4.83. The van der Waals surface area contributed by atoms with Gasteiger partial charge in [-0.25, -0.2) is 0 Å². The van der Waals surface area contributed by atoms with Gasteiger partial charge in [0.15, 0.2) is 0 Å². The van der Waals surface area contributed by atoms with Gasteiger partial charge in [-0.05, 0) is 49.3 Å². The van der Waals surface area contributed by atoms with Gasteiger partial charge in [0.25, 0.3) is 0 Å². The van der Waals surface area contributed by atoms with Crippen molar-refractivity contribution in [2.75, 3.05) is 13.6 Å². The fourth-order valence-electron chi connectivity index (χ4n) is 2.82. The molecule has 1 unspecified atom stereocenters. The third kappa shape index (κ3) is 2.58. The van der Waals surface area contributed by atoms with E-state index >= 15 is 0 Å². The Morgan fingerprint density at radius 3 is 2.56 bits per heavy atom. The lowest BCUT2D eigenvalue weighted by Gasteiger charge is -2.37. The van der Waals surface area contributed by atoms with Gasteiger partial charge in [0, 0.05) is 6.54 Å². The highest BCUT2D eigenvalue weighted by Crippen LogP contribution is 2.37. The number of hydrogen-bond donors (Lipinski definition) is 1. The van der Waals surface area contributed by atoms with Crippen LogP contribution in [0.4, 0.5) is 0 Å². The topological polar surface area (TPSA) is 12.0 Å². The first-order valence-electron chi connectivity index (χ1n) is 6.01. The average molecular weight is 240 g/mol. The molecule has 0 saturated carbocycles. The van der Waals surface area contributed by atoms with Crippen LogP contribution in [0.2, 0.25) is 0 Å². The first kappa shape index (κ1) is 13.5. The van der Waals surface area contributed by atoms with E-state index in [1.54, 1.807) is 11.1 Å².